The van der Waals surface area contributed by atoms with Gasteiger partial charge in [0.05, 0.1) is 0 Å². The molecule has 1 amide bonds. The Hall–Kier alpha value is -3.08. The van der Waals surface area contributed by atoms with Crippen molar-refractivity contribution in [1.29, 1.82) is 0 Å². The molecular formula is C20H19NO4. The van der Waals surface area contributed by atoms with E-state index in [9.17, 15) is 9.59 Å². The SMILES string of the molecule is CC(Oc1ccc2ccc(=O)oc2c1)C(=O)N(C)Cc1ccccc1. The highest BCUT2D eigenvalue weighted by molar-refractivity contribution is 5.81. The predicted molar refractivity (Wildman–Crippen MR) is 95.5 cm³/mol. The van der Waals surface area contributed by atoms with Gasteiger partial charge in [-0.3, -0.25) is 4.79 Å². The first-order valence-electron chi connectivity index (χ1n) is 8.02. The van der Waals surface area contributed by atoms with E-state index in [0.717, 1.165) is 10.9 Å². The van der Waals surface area contributed by atoms with Gasteiger partial charge in [-0.25, -0.2) is 4.79 Å². The number of hydrogen-bond donors (Lipinski definition) is 0. The number of ether oxygens (including phenoxy) is 1. The van der Waals surface area contributed by atoms with Gasteiger partial charge in [0.2, 0.25) is 0 Å². The Labute approximate surface area is 145 Å². The van der Waals surface area contributed by atoms with E-state index < -0.39 is 11.7 Å². The lowest BCUT2D eigenvalue weighted by atomic mass is 10.2. The van der Waals surface area contributed by atoms with E-state index in [1.807, 2.05) is 30.3 Å². The topological polar surface area (TPSA) is 59.8 Å². The average Bonchev–Trinajstić information content (AvgIpc) is 2.61. The van der Waals surface area contributed by atoms with E-state index in [2.05, 4.69) is 0 Å². The van der Waals surface area contributed by atoms with Crippen LogP contribution in [0, 0.1) is 0 Å². The fourth-order valence-corrected chi connectivity index (χ4v) is 2.61. The van der Waals surface area contributed by atoms with Crippen LogP contribution in [0.3, 0.4) is 0 Å². The highest BCUT2D eigenvalue weighted by atomic mass is 16.5. The Bertz CT molecular complexity index is 933. The van der Waals surface area contributed by atoms with Crippen molar-refractivity contribution in [3.8, 4) is 5.75 Å². The smallest absolute Gasteiger partial charge is 0.336 e. The normalized spacial score (nSPS) is 11.9. The lowest BCUT2D eigenvalue weighted by Gasteiger charge is -2.22. The summed E-state index contributed by atoms with van der Waals surface area (Å²) in [5.74, 6) is 0.356. The van der Waals surface area contributed by atoms with Crippen LogP contribution in [0.1, 0.15) is 12.5 Å². The Morgan fingerprint density at radius 1 is 1.12 bits per heavy atom. The second-order valence-corrected chi connectivity index (χ2v) is 5.89. The summed E-state index contributed by atoms with van der Waals surface area (Å²) in [5.41, 5.74) is 1.07. The van der Waals surface area contributed by atoms with Gasteiger partial charge in [0, 0.05) is 31.1 Å². The molecule has 5 nitrogen and oxygen atoms in total. The molecule has 5 heteroatoms. The van der Waals surface area contributed by atoms with Crippen LogP contribution >= 0.6 is 0 Å². The Kier molecular flexibility index (Phi) is 4.84. The van der Waals surface area contributed by atoms with Gasteiger partial charge < -0.3 is 14.1 Å². The van der Waals surface area contributed by atoms with Gasteiger partial charge in [0.15, 0.2) is 6.10 Å². The number of amides is 1. The van der Waals surface area contributed by atoms with Gasteiger partial charge >= 0.3 is 5.63 Å². The highest BCUT2D eigenvalue weighted by Crippen LogP contribution is 2.21. The zero-order valence-electron chi connectivity index (χ0n) is 14.1. The molecule has 1 heterocycles. The number of benzene rings is 2. The third kappa shape index (κ3) is 4.07. The van der Waals surface area contributed by atoms with Gasteiger partial charge in [0.1, 0.15) is 11.3 Å². The van der Waals surface area contributed by atoms with Crippen molar-refractivity contribution >= 4 is 16.9 Å². The first-order chi connectivity index (χ1) is 12.0. The van der Waals surface area contributed by atoms with Crippen molar-refractivity contribution in [2.45, 2.75) is 19.6 Å². The quantitative estimate of drug-likeness (QED) is 0.671. The molecule has 0 N–H and O–H groups in total. The van der Waals surface area contributed by atoms with Crippen LogP contribution in [0.2, 0.25) is 0 Å². The number of carbonyl (C=O) groups excluding carboxylic acids is 1. The summed E-state index contributed by atoms with van der Waals surface area (Å²) < 4.78 is 10.9. The second kappa shape index (κ2) is 7.21. The molecular weight excluding hydrogens is 318 g/mol. The molecule has 0 aliphatic heterocycles. The molecule has 1 atom stereocenters. The maximum atomic E-state index is 12.5. The van der Waals surface area contributed by atoms with Crippen LogP contribution in [-0.4, -0.2) is 24.0 Å². The van der Waals surface area contributed by atoms with Gasteiger partial charge in [-0.15, -0.1) is 0 Å². The number of fused-ring (bicyclic) bond motifs is 1. The summed E-state index contributed by atoms with van der Waals surface area (Å²) in [5, 5.41) is 0.798. The molecule has 3 rings (SSSR count). The largest absolute Gasteiger partial charge is 0.481 e. The number of likely N-dealkylation sites (N-methyl/N-ethyl adjacent to an activating group) is 1. The molecule has 0 spiro atoms. The molecule has 0 bridgehead atoms. The molecule has 0 aliphatic carbocycles. The number of nitrogens with zero attached hydrogens (tertiary/aromatic N) is 1. The minimum atomic E-state index is -0.651. The Balaban J connectivity index is 1.69. The molecule has 0 saturated carbocycles. The van der Waals surface area contributed by atoms with Crippen molar-refractivity contribution in [1.82, 2.24) is 4.90 Å². The maximum absolute atomic E-state index is 12.5. The van der Waals surface area contributed by atoms with E-state index >= 15 is 0 Å². The van der Waals surface area contributed by atoms with Gasteiger partial charge in [-0.05, 0) is 30.7 Å². The molecule has 0 fully saturated rings. The first kappa shape index (κ1) is 16.8. The van der Waals surface area contributed by atoms with Crippen LogP contribution in [0.5, 0.6) is 5.75 Å². The first-order valence-corrected chi connectivity index (χ1v) is 8.02. The second-order valence-electron chi connectivity index (χ2n) is 5.89. The van der Waals surface area contributed by atoms with Crippen molar-refractivity contribution in [3.05, 3.63) is 76.6 Å². The van der Waals surface area contributed by atoms with Crippen LogP contribution in [0.15, 0.2) is 69.9 Å². The van der Waals surface area contributed by atoms with E-state index in [1.165, 1.54) is 6.07 Å². The fourth-order valence-electron chi connectivity index (χ4n) is 2.61. The zero-order chi connectivity index (χ0) is 17.8. The van der Waals surface area contributed by atoms with Gasteiger partial charge in [-0.2, -0.15) is 0 Å². The van der Waals surface area contributed by atoms with Crippen LogP contribution in [0.25, 0.3) is 11.0 Å². The van der Waals surface area contributed by atoms with Crippen molar-refractivity contribution in [2.24, 2.45) is 0 Å². The van der Waals surface area contributed by atoms with Gasteiger partial charge in [0.25, 0.3) is 5.91 Å². The molecule has 3 aromatic rings. The number of rotatable bonds is 5. The van der Waals surface area contributed by atoms with Gasteiger partial charge in [-0.1, -0.05) is 30.3 Å². The van der Waals surface area contributed by atoms with Crippen molar-refractivity contribution in [3.63, 3.8) is 0 Å². The number of hydrogen-bond acceptors (Lipinski definition) is 4. The third-order valence-electron chi connectivity index (χ3n) is 3.89. The monoisotopic (exact) mass is 337 g/mol. The minimum Gasteiger partial charge on any atom is -0.481 e. The van der Waals surface area contributed by atoms with E-state index in [-0.39, 0.29) is 5.91 Å². The maximum Gasteiger partial charge on any atom is 0.336 e. The highest BCUT2D eigenvalue weighted by Gasteiger charge is 2.19. The lowest BCUT2D eigenvalue weighted by Crippen LogP contribution is -2.37. The molecule has 0 aliphatic rings. The molecule has 1 aromatic heterocycles. The van der Waals surface area contributed by atoms with Crippen LogP contribution in [0.4, 0.5) is 0 Å². The fraction of sp³-hybridized carbons (Fsp3) is 0.200. The number of carbonyl (C=O) groups is 1. The standard InChI is InChI=1S/C20H19NO4/c1-14(20(23)21(2)13-15-6-4-3-5-7-15)24-17-10-8-16-9-11-19(22)25-18(16)12-17/h3-12,14H,13H2,1-2H3. The zero-order valence-corrected chi connectivity index (χ0v) is 14.1. The Morgan fingerprint density at radius 2 is 1.84 bits per heavy atom. The molecule has 0 saturated heterocycles. The lowest BCUT2D eigenvalue weighted by molar-refractivity contribution is -0.137. The molecule has 1 unspecified atom stereocenters. The van der Waals surface area contributed by atoms with Crippen molar-refractivity contribution in [2.75, 3.05) is 7.05 Å². The molecule has 128 valence electrons. The van der Waals surface area contributed by atoms with E-state index in [1.54, 1.807) is 43.1 Å². The molecule has 2 aromatic carbocycles. The summed E-state index contributed by atoms with van der Waals surface area (Å²) in [4.78, 5) is 25.4. The van der Waals surface area contributed by atoms with Crippen LogP contribution < -0.4 is 10.4 Å². The summed E-state index contributed by atoms with van der Waals surface area (Å²) in [6.07, 6.45) is -0.651. The molecule has 0 radical (unpaired) electrons. The van der Waals surface area contributed by atoms with Crippen molar-refractivity contribution < 1.29 is 13.9 Å². The summed E-state index contributed by atoms with van der Waals surface area (Å²) in [6.45, 7) is 2.22. The average molecular weight is 337 g/mol. The third-order valence-corrected chi connectivity index (χ3v) is 3.89. The minimum absolute atomic E-state index is 0.126. The predicted octanol–water partition coefficient (Wildman–Crippen LogP) is 3.22. The van der Waals surface area contributed by atoms with E-state index in [4.69, 9.17) is 9.15 Å². The van der Waals surface area contributed by atoms with E-state index in [0.29, 0.717) is 17.9 Å². The van der Waals surface area contributed by atoms with Crippen LogP contribution in [-0.2, 0) is 11.3 Å². The summed E-state index contributed by atoms with van der Waals surface area (Å²) in [7, 11) is 1.74. The Morgan fingerprint density at radius 3 is 2.60 bits per heavy atom. The summed E-state index contributed by atoms with van der Waals surface area (Å²) >= 11 is 0. The summed E-state index contributed by atoms with van der Waals surface area (Å²) in [6, 6.07) is 18.0. The molecule has 25 heavy (non-hydrogen) atoms.